The molecule has 0 amide bonds. The fourth-order valence-electron chi connectivity index (χ4n) is 3.40. The Balaban J connectivity index is 0.00000288. The molecular weight excluding hydrogens is 439 g/mol. The van der Waals surface area contributed by atoms with Gasteiger partial charge in [-0.2, -0.15) is 0 Å². The largest absolute Gasteiger partial charge is 0.357 e. The van der Waals surface area contributed by atoms with Crippen LogP contribution in [0.3, 0.4) is 0 Å². The smallest absolute Gasteiger partial charge is 0.211 e. The van der Waals surface area contributed by atoms with Crippen molar-refractivity contribution in [1.82, 2.24) is 14.9 Å². The summed E-state index contributed by atoms with van der Waals surface area (Å²) in [6.45, 7) is 4.99. The van der Waals surface area contributed by atoms with Gasteiger partial charge in [-0.25, -0.2) is 12.7 Å². The van der Waals surface area contributed by atoms with E-state index in [0.717, 1.165) is 31.9 Å². The van der Waals surface area contributed by atoms with E-state index >= 15 is 0 Å². The molecule has 8 heteroatoms. The van der Waals surface area contributed by atoms with E-state index < -0.39 is 10.0 Å². The quantitative estimate of drug-likeness (QED) is 0.366. The summed E-state index contributed by atoms with van der Waals surface area (Å²) in [6.07, 6.45) is 9.53. The van der Waals surface area contributed by atoms with E-state index in [1.165, 1.54) is 38.4 Å². The number of guanidine groups is 1. The first kappa shape index (κ1) is 22.0. The lowest BCUT2D eigenvalue weighted by Crippen LogP contribution is -2.44. The Hall–Kier alpha value is -0.0900. The molecule has 0 aromatic heterocycles. The van der Waals surface area contributed by atoms with E-state index in [4.69, 9.17) is 4.99 Å². The van der Waals surface area contributed by atoms with Gasteiger partial charge in [0.25, 0.3) is 0 Å². The lowest BCUT2D eigenvalue weighted by Gasteiger charge is -2.30. The summed E-state index contributed by atoms with van der Waals surface area (Å²) in [5.74, 6) is 1.40. The van der Waals surface area contributed by atoms with Gasteiger partial charge in [0, 0.05) is 32.2 Å². The van der Waals surface area contributed by atoms with Crippen molar-refractivity contribution in [2.24, 2.45) is 10.9 Å². The van der Waals surface area contributed by atoms with Crippen LogP contribution >= 0.6 is 24.0 Å². The lowest BCUT2D eigenvalue weighted by atomic mass is 9.96. The molecule has 2 fully saturated rings. The zero-order valence-corrected chi connectivity index (χ0v) is 18.1. The number of piperidine rings is 1. The third-order valence-electron chi connectivity index (χ3n) is 4.84. The second-order valence-electron chi connectivity index (χ2n) is 6.80. The molecule has 0 radical (unpaired) electrons. The number of rotatable bonds is 5. The van der Waals surface area contributed by atoms with Crippen LogP contribution in [0.2, 0.25) is 0 Å². The first-order chi connectivity index (χ1) is 11.0. The van der Waals surface area contributed by atoms with Crippen molar-refractivity contribution in [3.8, 4) is 0 Å². The maximum absolute atomic E-state index is 11.5. The Morgan fingerprint density at radius 3 is 2.29 bits per heavy atom. The molecule has 0 unspecified atom stereocenters. The van der Waals surface area contributed by atoms with Gasteiger partial charge in [-0.15, -0.1) is 24.0 Å². The first-order valence-electron chi connectivity index (χ1n) is 8.99. The molecule has 1 aliphatic carbocycles. The number of hydrogen-bond acceptors (Lipinski definition) is 3. The Morgan fingerprint density at radius 1 is 1.12 bits per heavy atom. The molecule has 0 aromatic rings. The third kappa shape index (κ3) is 7.43. The van der Waals surface area contributed by atoms with Crippen LogP contribution in [0.4, 0.5) is 0 Å². The minimum absolute atomic E-state index is 0. The van der Waals surface area contributed by atoms with Crippen molar-refractivity contribution in [1.29, 1.82) is 0 Å². The highest BCUT2D eigenvalue weighted by molar-refractivity contribution is 14.0. The summed E-state index contributed by atoms with van der Waals surface area (Å²) in [5, 5.41) is 6.90. The van der Waals surface area contributed by atoms with Crippen molar-refractivity contribution in [2.75, 3.05) is 32.4 Å². The minimum Gasteiger partial charge on any atom is -0.357 e. The number of nitrogens with zero attached hydrogens (tertiary/aromatic N) is 2. The molecule has 1 heterocycles. The van der Waals surface area contributed by atoms with Crippen LogP contribution in [0.25, 0.3) is 0 Å². The molecule has 2 rings (SSSR count). The maximum atomic E-state index is 11.5. The van der Waals surface area contributed by atoms with E-state index in [2.05, 4.69) is 17.6 Å². The van der Waals surface area contributed by atoms with Crippen molar-refractivity contribution in [3.63, 3.8) is 0 Å². The summed E-state index contributed by atoms with van der Waals surface area (Å²) in [7, 11) is -3.04. The number of aliphatic imine (C=N–C) groups is 1. The average Bonchev–Trinajstić information content (AvgIpc) is 2.53. The zero-order valence-electron chi connectivity index (χ0n) is 15.0. The molecule has 0 atom stereocenters. The summed E-state index contributed by atoms with van der Waals surface area (Å²) >= 11 is 0. The van der Waals surface area contributed by atoms with Crippen LogP contribution in [-0.4, -0.2) is 57.2 Å². The van der Waals surface area contributed by atoms with E-state index in [9.17, 15) is 8.42 Å². The summed E-state index contributed by atoms with van der Waals surface area (Å²) in [4.78, 5) is 4.74. The second kappa shape index (κ2) is 10.8. The second-order valence-corrected chi connectivity index (χ2v) is 8.79. The van der Waals surface area contributed by atoms with E-state index in [0.29, 0.717) is 25.0 Å². The lowest BCUT2D eigenvalue weighted by molar-refractivity contribution is 0.280. The van der Waals surface area contributed by atoms with Gasteiger partial charge >= 0.3 is 0 Å². The Labute approximate surface area is 164 Å². The van der Waals surface area contributed by atoms with Crippen LogP contribution in [0, 0.1) is 5.92 Å². The Bertz CT molecular complexity index is 484. The molecule has 1 saturated heterocycles. The van der Waals surface area contributed by atoms with Gasteiger partial charge in [-0.1, -0.05) is 19.3 Å². The van der Waals surface area contributed by atoms with Gasteiger partial charge in [0.2, 0.25) is 10.0 Å². The SMILES string of the molecule is CCNC(=NCC1CCN(S(C)(=O)=O)CC1)NC1CCCCC1.I. The molecule has 2 aliphatic rings. The van der Waals surface area contributed by atoms with Gasteiger partial charge in [0.15, 0.2) is 5.96 Å². The molecular formula is C16H33IN4O2S. The third-order valence-corrected chi connectivity index (χ3v) is 6.14. The molecule has 0 spiro atoms. The summed E-state index contributed by atoms with van der Waals surface area (Å²) < 4.78 is 24.7. The molecule has 24 heavy (non-hydrogen) atoms. The van der Waals surface area contributed by atoms with Gasteiger partial charge < -0.3 is 10.6 Å². The molecule has 0 aromatic carbocycles. The predicted octanol–water partition coefficient (Wildman–Crippen LogP) is 2.16. The van der Waals surface area contributed by atoms with Gasteiger partial charge in [0.05, 0.1) is 6.26 Å². The van der Waals surface area contributed by atoms with Crippen molar-refractivity contribution < 1.29 is 8.42 Å². The van der Waals surface area contributed by atoms with E-state index in [1.54, 1.807) is 4.31 Å². The normalized spacial score (nSPS) is 22.0. The monoisotopic (exact) mass is 472 g/mol. The predicted molar refractivity (Wildman–Crippen MR) is 111 cm³/mol. The van der Waals surface area contributed by atoms with Gasteiger partial charge in [0.1, 0.15) is 0 Å². The summed E-state index contributed by atoms with van der Waals surface area (Å²) in [5.41, 5.74) is 0. The summed E-state index contributed by atoms with van der Waals surface area (Å²) in [6, 6.07) is 0.550. The van der Waals surface area contributed by atoms with Crippen LogP contribution in [0.1, 0.15) is 51.9 Å². The van der Waals surface area contributed by atoms with E-state index in [1.807, 2.05) is 0 Å². The molecule has 6 nitrogen and oxygen atoms in total. The number of hydrogen-bond donors (Lipinski definition) is 2. The highest BCUT2D eigenvalue weighted by Crippen LogP contribution is 2.20. The molecule has 1 aliphatic heterocycles. The van der Waals surface area contributed by atoms with Crippen molar-refractivity contribution >= 4 is 40.0 Å². The van der Waals surface area contributed by atoms with E-state index in [-0.39, 0.29) is 24.0 Å². The van der Waals surface area contributed by atoms with Crippen LogP contribution in [-0.2, 0) is 10.0 Å². The maximum Gasteiger partial charge on any atom is 0.211 e. The van der Waals surface area contributed by atoms with Crippen molar-refractivity contribution in [3.05, 3.63) is 0 Å². The van der Waals surface area contributed by atoms with Crippen molar-refractivity contribution in [2.45, 2.75) is 57.9 Å². The first-order valence-corrected chi connectivity index (χ1v) is 10.8. The van der Waals surface area contributed by atoms with Crippen LogP contribution < -0.4 is 10.6 Å². The number of sulfonamides is 1. The minimum atomic E-state index is -3.04. The van der Waals surface area contributed by atoms with Crippen LogP contribution in [0.5, 0.6) is 0 Å². The molecule has 2 N–H and O–H groups in total. The topological polar surface area (TPSA) is 73.8 Å². The Morgan fingerprint density at radius 2 is 1.75 bits per heavy atom. The standard InChI is InChI=1S/C16H32N4O2S.HI/c1-3-17-16(19-15-7-5-4-6-8-15)18-13-14-9-11-20(12-10-14)23(2,21)22;/h14-15H,3-13H2,1-2H3,(H2,17,18,19);1H. The number of nitrogens with one attached hydrogen (secondary N) is 2. The number of halogens is 1. The fraction of sp³-hybridized carbons (Fsp3) is 0.938. The zero-order chi connectivity index (χ0) is 16.7. The molecule has 142 valence electrons. The molecule has 0 bridgehead atoms. The van der Waals surface area contributed by atoms with Gasteiger partial charge in [-0.3, -0.25) is 4.99 Å². The highest BCUT2D eigenvalue weighted by atomic mass is 127. The van der Waals surface area contributed by atoms with Gasteiger partial charge in [-0.05, 0) is 38.5 Å². The van der Waals surface area contributed by atoms with Crippen LogP contribution in [0.15, 0.2) is 4.99 Å². The average molecular weight is 472 g/mol. The molecule has 1 saturated carbocycles. The Kier molecular flexibility index (Phi) is 9.88. The fourth-order valence-corrected chi connectivity index (χ4v) is 4.28. The highest BCUT2D eigenvalue weighted by Gasteiger charge is 2.24.